The maximum absolute atomic E-state index is 13.4. The molecule has 0 radical (unpaired) electrons. The third-order valence-electron chi connectivity index (χ3n) is 3.26. The van der Waals surface area contributed by atoms with Gasteiger partial charge in [0.1, 0.15) is 5.52 Å². The Morgan fingerprint density at radius 1 is 1.41 bits per heavy atom. The molecule has 120 valence electrons. The van der Waals surface area contributed by atoms with Gasteiger partial charge in [-0.2, -0.15) is 4.98 Å². The van der Waals surface area contributed by atoms with E-state index in [2.05, 4.69) is 20.3 Å². The zero-order chi connectivity index (χ0) is 16.3. The molecule has 2 heterocycles. The third-order valence-corrected chi connectivity index (χ3v) is 3.26. The van der Waals surface area contributed by atoms with Gasteiger partial charge in [0.25, 0.3) is 5.92 Å². The molecular formula is C14H19F2N5O. The summed E-state index contributed by atoms with van der Waals surface area (Å²) in [4.78, 5) is 12.0. The van der Waals surface area contributed by atoms with Crippen LogP contribution in [-0.4, -0.2) is 32.7 Å². The number of fused-ring (bicyclic) bond motifs is 1. The van der Waals surface area contributed by atoms with Crippen molar-refractivity contribution in [2.45, 2.75) is 38.7 Å². The quantitative estimate of drug-likeness (QED) is 0.757. The van der Waals surface area contributed by atoms with Crippen LogP contribution in [0.15, 0.2) is 12.3 Å². The van der Waals surface area contributed by atoms with Gasteiger partial charge in [0, 0.05) is 18.7 Å². The first-order chi connectivity index (χ1) is 10.3. The molecule has 0 saturated heterocycles. The zero-order valence-corrected chi connectivity index (χ0v) is 12.5. The number of nitrogens with two attached hydrogens (primary N) is 1. The summed E-state index contributed by atoms with van der Waals surface area (Å²) in [5.41, 5.74) is 5.98. The van der Waals surface area contributed by atoms with E-state index >= 15 is 0 Å². The monoisotopic (exact) mass is 311 g/mol. The molecule has 2 rings (SSSR count). The van der Waals surface area contributed by atoms with Gasteiger partial charge in [-0.05, 0) is 12.5 Å². The van der Waals surface area contributed by atoms with Crippen LogP contribution in [0, 0.1) is 0 Å². The predicted molar refractivity (Wildman–Crippen MR) is 80.7 cm³/mol. The third kappa shape index (κ3) is 3.56. The number of nitrogens with one attached hydrogen (secondary N) is 1. The minimum atomic E-state index is -3.01. The first-order valence-electron chi connectivity index (χ1n) is 7.04. The molecule has 0 aliphatic carbocycles. The molecule has 6 nitrogen and oxygen atoms in total. The highest BCUT2D eigenvalue weighted by molar-refractivity contribution is 5.86. The van der Waals surface area contributed by atoms with E-state index in [9.17, 15) is 13.9 Å². The lowest BCUT2D eigenvalue weighted by molar-refractivity contribution is 0.0173. The van der Waals surface area contributed by atoms with Crippen LogP contribution in [0.3, 0.4) is 0 Å². The van der Waals surface area contributed by atoms with Crippen LogP contribution in [0.1, 0.15) is 32.3 Å². The topological polar surface area (TPSA) is 97.0 Å². The normalized spacial score (nSPS) is 13.3. The number of pyridine rings is 1. The lowest BCUT2D eigenvalue weighted by Crippen LogP contribution is -2.24. The number of aromatic nitrogens is 3. The molecule has 0 spiro atoms. The molecule has 1 atom stereocenters. The van der Waals surface area contributed by atoms with E-state index in [1.54, 1.807) is 0 Å². The summed E-state index contributed by atoms with van der Waals surface area (Å²) < 4.78 is 26.8. The molecule has 2 aromatic heterocycles. The fraction of sp³-hybridized carbons (Fsp3) is 0.500. The van der Waals surface area contributed by atoms with Crippen molar-refractivity contribution in [3.05, 3.63) is 17.8 Å². The molecular weight excluding hydrogens is 292 g/mol. The van der Waals surface area contributed by atoms with Gasteiger partial charge in [-0.15, -0.1) is 0 Å². The first-order valence-corrected chi connectivity index (χ1v) is 7.04. The Morgan fingerprint density at radius 2 is 2.14 bits per heavy atom. The van der Waals surface area contributed by atoms with Crippen molar-refractivity contribution >= 4 is 22.8 Å². The lowest BCUT2D eigenvalue weighted by Gasteiger charge is -2.17. The second-order valence-corrected chi connectivity index (χ2v) is 5.22. The van der Waals surface area contributed by atoms with E-state index in [1.807, 2.05) is 6.92 Å². The van der Waals surface area contributed by atoms with Crippen LogP contribution in [0.25, 0.3) is 11.0 Å². The Hall–Kier alpha value is -2.09. The molecule has 0 aliphatic heterocycles. The van der Waals surface area contributed by atoms with E-state index in [1.165, 1.54) is 6.07 Å². The van der Waals surface area contributed by atoms with Crippen LogP contribution in [-0.2, 0) is 5.92 Å². The van der Waals surface area contributed by atoms with Crippen LogP contribution >= 0.6 is 0 Å². The molecule has 0 amide bonds. The van der Waals surface area contributed by atoms with Gasteiger partial charge in [-0.25, -0.2) is 13.8 Å². The molecule has 8 heteroatoms. The Morgan fingerprint density at radius 3 is 2.73 bits per heavy atom. The van der Waals surface area contributed by atoms with E-state index in [4.69, 9.17) is 5.73 Å². The fourth-order valence-corrected chi connectivity index (χ4v) is 2.13. The Bertz CT molecular complexity index is 659. The molecule has 0 aliphatic rings. The molecule has 0 aromatic carbocycles. The SMILES string of the molecule is CCC[C@@H](CO)Nc1nc(N)nc2cc(C(C)(F)F)cnc12. The van der Waals surface area contributed by atoms with E-state index in [-0.39, 0.29) is 29.7 Å². The summed E-state index contributed by atoms with van der Waals surface area (Å²) in [5.74, 6) is -2.72. The van der Waals surface area contributed by atoms with Crippen molar-refractivity contribution in [2.75, 3.05) is 17.7 Å². The van der Waals surface area contributed by atoms with Crippen molar-refractivity contribution in [3.63, 3.8) is 0 Å². The van der Waals surface area contributed by atoms with Crippen molar-refractivity contribution in [3.8, 4) is 0 Å². The Labute approximate surface area is 126 Å². The minimum absolute atomic E-state index is 0.0402. The number of alkyl halides is 2. The Balaban J connectivity index is 2.46. The van der Waals surface area contributed by atoms with Crippen LogP contribution < -0.4 is 11.1 Å². The second-order valence-electron chi connectivity index (χ2n) is 5.22. The summed E-state index contributed by atoms with van der Waals surface area (Å²) in [5, 5.41) is 12.4. The molecule has 22 heavy (non-hydrogen) atoms. The van der Waals surface area contributed by atoms with E-state index in [0.717, 1.165) is 26.0 Å². The summed E-state index contributed by atoms with van der Waals surface area (Å²) >= 11 is 0. The van der Waals surface area contributed by atoms with Crippen LogP contribution in [0.5, 0.6) is 0 Å². The number of rotatable bonds is 6. The van der Waals surface area contributed by atoms with Gasteiger partial charge in [0.15, 0.2) is 5.82 Å². The predicted octanol–water partition coefficient (Wildman–Crippen LogP) is 2.29. The Kier molecular flexibility index (Phi) is 4.70. The molecule has 4 N–H and O–H groups in total. The van der Waals surface area contributed by atoms with Crippen LogP contribution in [0.2, 0.25) is 0 Å². The van der Waals surface area contributed by atoms with Crippen molar-refractivity contribution < 1.29 is 13.9 Å². The maximum Gasteiger partial charge on any atom is 0.272 e. The summed E-state index contributed by atoms with van der Waals surface area (Å²) in [6.45, 7) is 2.71. The first kappa shape index (κ1) is 16.3. The maximum atomic E-state index is 13.4. The molecule has 0 bridgehead atoms. The van der Waals surface area contributed by atoms with Crippen molar-refractivity contribution in [1.29, 1.82) is 0 Å². The molecule has 0 unspecified atom stereocenters. The highest BCUT2D eigenvalue weighted by atomic mass is 19.3. The number of aliphatic hydroxyl groups is 1. The van der Waals surface area contributed by atoms with E-state index < -0.39 is 5.92 Å². The largest absolute Gasteiger partial charge is 0.394 e. The number of nitrogens with zero attached hydrogens (tertiary/aromatic N) is 3. The smallest absolute Gasteiger partial charge is 0.272 e. The average molecular weight is 311 g/mol. The van der Waals surface area contributed by atoms with Gasteiger partial charge >= 0.3 is 0 Å². The number of hydrogen-bond acceptors (Lipinski definition) is 6. The highest BCUT2D eigenvalue weighted by Gasteiger charge is 2.26. The number of nitrogen functional groups attached to an aromatic ring is 1. The highest BCUT2D eigenvalue weighted by Crippen LogP contribution is 2.29. The van der Waals surface area contributed by atoms with Gasteiger partial charge < -0.3 is 16.2 Å². The second kappa shape index (κ2) is 6.35. The molecule has 0 fully saturated rings. The van der Waals surface area contributed by atoms with Gasteiger partial charge in [-0.3, -0.25) is 4.98 Å². The summed E-state index contributed by atoms with van der Waals surface area (Å²) in [6.07, 6.45) is 2.70. The number of hydrogen-bond donors (Lipinski definition) is 3. The van der Waals surface area contributed by atoms with Crippen LogP contribution in [0.4, 0.5) is 20.5 Å². The molecule has 2 aromatic rings. The van der Waals surface area contributed by atoms with E-state index in [0.29, 0.717) is 11.3 Å². The summed E-state index contributed by atoms with van der Waals surface area (Å²) in [7, 11) is 0. The minimum Gasteiger partial charge on any atom is -0.394 e. The zero-order valence-electron chi connectivity index (χ0n) is 12.5. The van der Waals surface area contributed by atoms with Crippen molar-refractivity contribution in [2.24, 2.45) is 0 Å². The van der Waals surface area contributed by atoms with Gasteiger partial charge in [0.05, 0.1) is 18.2 Å². The van der Waals surface area contributed by atoms with Crippen molar-refractivity contribution in [1.82, 2.24) is 15.0 Å². The summed E-state index contributed by atoms with van der Waals surface area (Å²) in [6, 6.07) is 1.04. The molecule has 0 saturated carbocycles. The number of halogens is 2. The fourth-order valence-electron chi connectivity index (χ4n) is 2.13. The average Bonchev–Trinajstić information content (AvgIpc) is 2.44. The number of aliphatic hydroxyl groups excluding tert-OH is 1. The van der Waals surface area contributed by atoms with Gasteiger partial charge in [-0.1, -0.05) is 13.3 Å². The standard InChI is InChI=1S/C14H19F2N5O/c1-3-4-9(7-22)19-12-11-10(20-13(17)21-12)5-8(6-18-11)14(2,15)16/h5-6,9,22H,3-4,7H2,1-2H3,(H3,17,19,20,21)/t9-/m0/s1. The lowest BCUT2D eigenvalue weighted by atomic mass is 10.1. The number of anilines is 2. The van der Waals surface area contributed by atoms with Gasteiger partial charge in [0.2, 0.25) is 5.95 Å².